The SMILES string of the molecule is Cl.O=C(NCC1CCNC1)c1ccc(Cl)c(Br)c1. The summed E-state index contributed by atoms with van der Waals surface area (Å²) in [6, 6.07) is 5.19. The summed E-state index contributed by atoms with van der Waals surface area (Å²) in [6.07, 6.45) is 1.13. The highest BCUT2D eigenvalue weighted by molar-refractivity contribution is 9.10. The molecule has 0 spiro atoms. The zero-order valence-electron chi connectivity index (χ0n) is 9.71. The Bertz CT molecular complexity index is 423. The number of carbonyl (C=O) groups excluding carboxylic acids is 1. The van der Waals surface area contributed by atoms with Crippen LogP contribution in [0.25, 0.3) is 0 Å². The molecule has 1 aromatic carbocycles. The molecule has 1 unspecified atom stereocenters. The van der Waals surface area contributed by atoms with E-state index in [9.17, 15) is 4.79 Å². The van der Waals surface area contributed by atoms with E-state index in [2.05, 4.69) is 26.6 Å². The Hall–Kier alpha value is -0.290. The molecular weight excluding hydrogens is 339 g/mol. The number of nitrogens with one attached hydrogen (secondary N) is 2. The third-order valence-electron chi connectivity index (χ3n) is 2.90. The van der Waals surface area contributed by atoms with E-state index < -0.39 is 0 Å². The predicted molar refractivity (Wildman–Crippen MR) is 79.7 cm³/mol. The van der Waals surface area contributed by atoms with E-state index in [1.807, 2.05) is 0 Å². The van der Waals surface area contributed by atoms with Crippen molar-refractivity contribution in [2.24, 2.45) is 5.92 Å². The molecule has 1 saturated heterocycles. The minimum atomic E-state index is -0.0470. The standard InChI is InChI=1S/C12H14BrClN2O.ClH/c13-10-5-9(1-2-11(10)14)12(17)16-7-8-3-4-15-6-8;/h1-2,5,8,15H,3-4,6-7H2,(H,16,17);1H. The molecule has 0 bridgehead atoms. The number of halogens is 3. The Morgan fingerprint density at radius 1 is 1.56 bits per heavy atom. The van der Waals surface area contributed by atoms with E-state index in [4.69, 9.17) is 11.6 Å². The number of rotatable bonds is 3. The maximum atomic E-state index is 11.9. The van der Waals surface area contributed by atoms with Crippen LogP contribution in [0.1, 0.15) is 16.8 Å². The lowest BCUT2D eigenvalue weighted by molar-refractivity contribution is 0.0948. The second-order valence-corrected chi connectivity index (χ2v) is 5.46. The lowest BCUT2D eigenvalue weighted by Crippen LogP contribution is -2.30. The minimum Gasteiger partial charge on any atom is -0.352 e. The zero-order valence-corrected chi connectivity index (χ0v) is 12.9. The molecular formula is C12H15BrCl2N2O. The molecule has 2 N–H and O–H groups in total. The van der Waals surface area contributed by atoms with Crippen LogP contribution in [0.3, 0.4) is 0 Å². The van der Waals surface area contributed by atoms with Gasteiger partial charge in [0.15, 0.2) is 0 Å². The van der Waals surface area contributed by atoms with Gasteiger partial charge in [-0.1, -0.05) is 11.6 Å². The van der Waals surface area contributed by atoms with Gasteiger partial charge in [-0.15, -0.1) is 12.4 Å². The summed E-state index contributed by atoms with van der Waals surface area (Å²) in [5, 5.41) is 6.83. The smallest absolute Gasteiger partial charge is 0.251 e. The summed E-state index contributed by atoms with van der Waals surface area (Å²) in [4.78, 5) is 11.9. The van der Waals surface area contributed by atoms with Crippen molar-refractivity contribution in [1.29, 1.82) is 0 Å². The molecule has 1 atom stereocenters. The van der Waals surface area contributed by atoms with E-state index in [1.54, 1.807) is 18.2 Å². The van der Waals surface area contributed by atoms with E-state index in [0.717, 1.165) is 30.5 Å². The van der Waals surface area contributed by atoms with E-state index in [1.165, 1.54) is 0 Å². The largest absolute Gasteiger partial charge is 0.352 e. The fraction of sp³-hybridized carbons (Fsp3) is 0.417. The van der Waals surface area contributed by atoms with E-state index >= 15 is 0 Å². The van der Waals surface area contributed by atoms with Crippen molar-refractivity contribution in [2.75, 3.05) is 19.6 Å². The Labute approximate surface area is 126 Å². The fourth-order valence-electron chi connectivity index (χ4n) is 1.87. The summed E-state index contributed by atoms with van der Waals surface area (Å²) >= 11 is 9.19. The minimum absolute atomic E-state index is 0. The summed E-state index contributed by atoms with van der Waals surface area (Å²) in [6.45, 7) is 2.77. The molecule has 6 heteroatoms. The third kappa shape index (κ3) is 4.12. The monoisotopic (exact) mass is 352 g/mol. The molecule has 2 rings (SSSR count). The van der Waals surface area contributed by atoms with Crippen LogP contribution in [0.15, 0.2) is 22.7 Å². The molecule has 100 valence electrons. The molecule has 3 nitrogen and oxygen atoms in total. The Balaban J connectivity index is 0.00000162. The average Bonchev–Trinajstić information content (AvgIpc) is 2.82. The third-order valence-corrected chi connectivity index (χ3v) is 4.11. The van der Waals surface area contributed by atoms with Gasteiger partial charge in [-0.25, -0.2) is 0 Å². The number of hydrogen-bond donors (Lipinski definition) is 2. The van der Waals surface area contributed by atoms with Crippen molar-refractivity contribution in [3.8, 4) is 0 Å². The van der Waals surface area contributed by atoms with Gasteiger partial charge in [-0.05, 0) is 59.6 Å². The van der Waals surface area contributed by atoms with Crippen LogP contribution in [0.2, 0.25) is 5.02 Å². The molecule has 18 heavy (non-hydrogen) atoms. The van der Waals surface area contributed by atoms with Crippen LogP contribution in [-0.2, 0) is 0 Å². The summed E-state index contributed by atoms with van der Waals surface area (Å²) < 4.78 is 0.745. The van der Waals surface area contributed by atoms with Gasteiger partial charge in [0.1, 0.15) is 0 Å². The van der Waals surface area contributed by atoms with Gasteiger partial charge >= 0.3 is 0 Å². The van der Waals surface area contributed by atoms with Crippen molar-refractivity contribution in [1.82, 2.24) is 10.6 Å². The highest BCUT2D eigenvalue weighted by Gasteiger charge is 2.15. The first kappa shape index (κ1) is 15.8. The topological polar surface area (TPSA) is 41.1 Å². The van der Waals surface area contributed by atoms with Gasteiger partial charge in [-0.3, -0.25) is 4.79 Å². The van der Waals surface area contributed by atoms with Gasteiger partial charge in [-0.2, -0.15) is 0 Å². The molecule has 1 heterocycles. The van der Waals surface area contributed by atoms with Gasteiger partial charge < -0.3 is 10.6 Å². The average molecular weight is 354 g/mol. The van der Waals surface area contributed by atoms with E-state index in [-0.39, 0.29) is 18.3 Å². The van der Waals surface area contributed by atoms with Crippen LogP contribution in [0.5, 0.6) is 0 Å². The van der Waals surface area contributed by atoms with Crippen molar-refractivity contribution >= 4 is 45.8 Å². The van der Waals surface area contributed by atoms with Crippen LogP contribution >= 0.6 is 39.9 Å². The Kier molecular flexibility index (Phi) is 6.43. The molecule has 0 aliphatic carbocycles. The maximum absolute atomic E-state index is 11.9. The van der Waals surface area contributed by atoms with Crippen LogP contribution in [-0.4, -0.2) is 25.5 Å². The summed E-state index contributed by atoms with van der Waals surface area (Å²) in [7, 11) is 0. The number of carbonyl (C=O) groups is 1. The van der Waals surface area contributed by atoms with Gasteiger partial charge in [0.25, 0.3) is 5.91 Å². The molecule has 0 radical (unpaired) electrons. The highest BCUT2D eigenvalue weighted by atomic mass is 79.9. The van der Waals surface area contributed by atoms with Crippen molar-refractivity contribution < 1.29 is 4.79 Å². The van der Waals surface area contributed by atoms with Crippen LogP contribution in [0.4, 0.5) is 0 Å². The molecule has 1 fully saturated rings. The molecule has 0 aromatic heterocycles. The maximum Gasteiger partial charge on any atom is 0.251 e. The second-order valence-electron chi connectivity index (χ2n) is 4.20. The van der Waals surface area contributed by atoms with Crippen LogP contribution < -0.4 is 10.6 Å². The Morgan fingerprint density at radius 3 is 2.94 bits per heavy atom. The second kappa shape index (κ2) is 7.34. The van der Waals surface area contributed by atoms with Gasteiger partial charge in [0.2, 0.25) is 0 Å². The molecule has 1 aliphatic heterocycles. The van der Waals surface area contributed by atoms with Crippen molar-refractivity contribution in [3.63, 3.8) is 0 Å². The van der Waals surface area contributed by atoms with E-state index in [0.29, 0.717) is 16.5 Å². The lowest BCUT2D eigenvalue weighted by Gasteiger charge is -2.10. The number of amides is 1. The van der Waals surface area contributed by atoms with Crippen molar-refractivity contribution in [2.45, 2.75) is 6.42 Å². The molecule has 0 saturated carbocycles. The highest BCUT2D eigenvalue weighted by Crippen LogP contribution is 2.23. The fourth-order valence-corrected chi connectivity index (χ4v) is 2.36. The lowest BCUT2D eigenvalue weighted by atomic mass is 10.1. The van der Waals surface area contributed by atoms with Gasteiger partial charge in [0.05, 0.1) is 5.02 Å². The molecule has 1 amide bonds. The molecule has 1 aliphatic rings. The van der Waals surface area contributed by atoms with Gasteiger partial charge in [0, 0.05) is 16.6 Å². The molecule has 1 aromatic rings. The quantitative estimate of drug-likeness (QED) is 0.877. The first-order valence-electron chi connectivity index (χ1n) is 5.61. The first-order chi connectivity index (χ1) is 8.16. The van der Waals surface area contributed by atoms with Crippen LogP contribution in [0, 0.1) is 5.92 Å². The first-order valence-corrected chi connectivity index (χ1v) is 6.78. The zero-order chi connectivity index (χ0) is 12.3. The summed E-state index contributed by atoms with van der Waals surface area (Å²) in [5.41, 5.74) is 0.632. The number of benzene rings is 1. The predicted octanol–water partition coefficient (Wildman–Crippen LogP) is 2.86. The summed E-state index contributed by atoms with van der Waals surface area (Å²) in [5.74, 6) is 0.504. The number of hydrogen-bond acceptors (Lipinski definition) is 2. The van der Waals surface area contributed by atoms with Crippen molar-refractivity contribution in [3.05, 3.63) is 33.3 Å². The Morgan fingerprint density at radius 2 is 2.33 bits per heavy atom. The normalized spacial score (nSPS) is 18.2.